The number of carbonyl (C=O) groups is 2. The zero-order valence-corrected chi connectivity index (χ0v) is 15.6. The lowest BCUT2D eigenvalue weighted by Crippen LogP contribution is -2.43. The van der Waals surface area contributed by atoms with E-state index in [1.165, 1.54) is 7.11 Å². The Hall–Kier alpha value is -3.02. The molecular weight excluding hydrogens is 344 g/mol. The molecule has 2 aromatic carbocycles. The Morgan fingerprint density at radius 2 is 1.85 bits per heavy atom. The first kappa shape index (κ1) is 18.8. The number of benzene rings is 2. The Labute approximate surface area is 159 Å². The Balaban J connectivity index is 1.64. The van der Waals surface area contributed by atoms with Crippen molar-refractivity contribution >= 4 is 17.7 Å². The Morgan fingerprint density at radius 1 is 1.07 bits per heavy atom. The summed E-state index contributed by atoms with van der Waals surface area (Å²) in [6, 6.07) is 15.5. The van der Waals surface area contributed by atoms with Crippen molar-refractivity contribution in [2.75, 3.05) is 32.6 Å². The van der Waals surface area contributed by atoms with Crippen LogP contribution in [0.2, 0.25) is 0 Å². The molecule has 0 aliphatic carbocycles. The number of amides is 2. The number of carbonyl (C=O) groups excluding carboxylic acids is 2. The summed E-state index contributed by atoms with van der Waals surface area (Å²) in [6.45, 7) is 1.02. The molecule has 0 saturated carbocycles. The predicted octanol–water partition coefficient (Wildman–Crippen LogP) is 3.78. The minimum absolute atomic E-state index is 0.0715. The molecule has 6 nitrogen and oxygen atoms in total. The van der Waals surface area contributed by atoms with Gasteiger partial charge in [-0.25, -0.2) is 4.79 Å². The standard InChI is InChI=1S/C21H24N2O4/c1-26-19-7-3-5-16(13-19)15-8-10-18(11-9-15)22-20(24)17-6-4-12-23(14-17)21(25)27-2/h3,5,7-11,13,17H,4,6,12,14H2,1-2H3,(H,22,24). The van der Waals surface area contributed by atoms with Crippen molar-refractivity contribution in [3.05, 3.63) is 48.5 Å². The number of nitrogens with zero attached hydrogens (tertiary/aromatic N) is 1. The first-order chi connectivity index (χ1) is 13.1. The van der Waals surface area contributed by atoms with Gasteiger partial charge >= 0.3 is 6.09 Å². The van der Waals surface area contributed by atoms with E-state index in [1.54, 1.807) is 12.0 Å². The Bertz CT molecular complexity index is 804. The van der Waals surface area contributed by atoms with Crippen molar-refractivity contribution in [2.45, 2.75) is 12.8 Å². The monoisotopic (exact) mass is 368 g/mol. The van der Waals surface area contributed by atoms with Gasteiger partial charge in [0, 0.05) is 18.8 Å². The molecule has 142 valence electrons. The number of nitrogens with one attached hydrogen (secondary N) is 1. The van der Waals surface area contributed by atoms with Crippen LogP contribution in [0, 0.1) is 5.92 Å². The average Bonchev–Trinajstić information content (AvgIpc) is 2.73. The second-order valence-electron chi connectivity index (χ2n) is 6.55. The highest BCUT2D eigenvalue weighted by Gasteiger charge is 2.28. The first-order valence-electron chi connectivity index (χ1n) is 8.99. The van der Waals surface area contributed by atoms with Crippen molar-refractivity contribution in [1.82, 2.24) is 4.90 Å². The molecule has 0 aromatic heterocycles. The molecule has 1 atom stereocenters. The molecule has 1 aliphatic rings. The van der Waals surface area contributed by atoms with Gasteiger partial charge in [0.1, 0.15) is 5.75 Å². The largest absolute Gasteiger partial charge is 0.497 e. The highest BCUT2D eigenvalue weighted by molar-refractivity contribution is 5.93. The lowest BCUT2D eigenvalue weighted by molar-refractivity contribution is -0.121. The molecule has 2 aromatic rings. The number of ether oxygens (including phenoxy) is 2. The minimum atomic E-state index is -0.379. The van der Waals surface area contributed by atoms with Crippen LogP contribution in [0.5, 0.6) is 5.75 Å². The van der Waals surface area contributed by atoms with E-state index in [9.17, 15) is 9.59 Å². The summed E-state index contributed by atoms with van der Waals surface area (Å²) in [5, 5.41) is 2.95. The summed E-state index contributed by atoms with van der Waals surface area (Å²) in [5.74, 6) is 0.506. The zero-order chi connectivity index (χ0) is 19.2. The molecule has 6 heteroatoms. The lowest BCUT2D eigenvalue weighted by Gasteiger charge is -2.30. The van der Waals surface area contributed by atoms with Crippen LogP contribution in [0.25, 0.3) is 11.1 Å². The van der Waals surface area contributed by atoms with Crippen LogP contribution < -0.4 is 10.1 Å². The van der Waals surface area contributed by atoms with Crippen molar-refractivity contribution in [3.8, 4) is 16.9 Å². The van der Waals surface area contributed by atoms with E-state index in [1.807, 2.05) is 48.5 Å². The number of rotatable bonds is 4. The highest BCUT2D eigenvalue weighted by atomic mass is 16.5. The van der Waals surface area contributed by atoms with Gasteiger partial charge in [0.2, 0.25) is 5.91 Å². The van der Waals surface area contributed by atoms with E-state index in [2.05, 4.69) is 5.32 Å². The van der Waals surface area contributed by atoms with Gasteiger partial charge < -0.3 is 19.7 Å². The van der Waals surface area contributed by atoms with Crippen LogP contribution >= 0.6 is 0 Å². The fraction of sp³-hybridized carbons (Fsp3) is 0.333. The summed E-state index contributed by atoms with van der Waals surface area (Å²) in [5.41, 5.74) is 2.83. The topological polar surface area (TPSA) is 67.9 Å². The van der Waals surface area contributed by atoms with E-state index in [-0.39, 0.29) is 17.9 Å². The van der Waals surface area contributed by atoms with Gasteiger partial charge in [-0.1, -0.05) is 24.3 Å². The molecule has 1 N–H and O–H groups in total. The van der Waals surface area contributed by atoms with Crippen molar-refractivity contribution in [2.24, 2.45) is 5.92 Å². The second-order valence-corrected chi connectivity index (χ2v) is 6.55. The van der Waals surface area contributed by atoms with Gasteiger partial charge in [-0.15, -0.1) is 0 Å². The van der Waals surface area contributed by atoms with Gasteiger partial charge in [-0.2, -0.15) is 0 Å². The molecule has 1 heterocycles. The predicted molar refractivity (Wildman–Crippen MR) is 104 cm³/mol. The quantitative estimate of drug-likeness (QED) is 0.892. The van der Waals surface area contributed by atoms with E-state index in [0.29, 0.717) is 13.1 Å². The van der Waals surface area contributed by atoms with Crippen LogP contribution in [0.3, 0.4) is 0 Å². The number of hydrogen-bond acceptors (Lipinski definition) is 4. The summed E-state index contributed by atoms with van der Waals surface area (Å²) in [4.78, 5) is 25.8. The van der Waals surface area contributed by atoms with Gasteiger partial charge in [-0.05, 0) is 48.2 Å². The number of methoxy groups -OCH3 is 2. The third-order valence-corrected chi connectivity index (χ3v) is 4.78. The minimum Gasteiger partial charge on any atom is -0.497 e. The third-order valence-electron chi connectivity index (χ3n) is 4.78. The molecule has 1 unspecified atom stereocenters. The van der Waals surface area contributed by atoms with E-state index >= 15 is 0 Å². The van der Waals surface area contributed by atoms with Crippen molar-refractivity contribution < 1.29 is 19.1 Å². The fourth-order valence-electron chi connectivity index (χ4n) is 3.28. The van der Waals surface area contributed by atoms with Crippen LogP contribution in [0.4, 0.5) is 10.5 Å². The Morgan fingerprint density at radius 3 is 2.56 bits per heavy atom. The smallest absolute Gasteiger partial charge is 0.409 e. The summed E-state index contributed by atoms with van der Waals surface area (Å²) in [7, 11) is 3.00. The van der Waals surface area contributed by atoms with Gasteiger partial charge in [0.05, 0.1) is 20.1 Å². The van der Waals surface area contributed by atoms with Gasteiger partial charge in [0.25, 0.3) is 0 Å². The lowest BCUT2D eigenvalue weighted by atomic mass is 9.97. The third kappa shape index (κ3) is 4.58. The normalized spacial score (nSPS) is 16.5. The Kier molecular flexibility index (Phi) is 5.96. The van der Waals surface area contributed by atoms with E-state index in [0.717, 1.165) is 35.4 Å². The maximum Gasteiger partial charge on any atom is 0.409 e. The number of piperidine rings is 1. The molecule has 1 saturated heterocycles. The molecule has 3 rings (SSSR count). The molecule has 27 heavy (non-hydrogen) atoms. The van der Waals surface area contributed by atoms with E-state index in [4.69, 9.17) is 9.47 Å². The van der Waals surface area contributed by atoms with Crippen molar-refractivity contribution in [3.63, 3.8) is 0 Å². The second kappa shape index (κ2) is 8.58. The first-order valence-corrected chi connectivity index (χ1v) is 8.99. The zero-order valence-electron chi connectivity index (χ0n) is 15.6. The van der Waals surface area contributed by atoms with Crippen LogP contribution in [-0.2, 0) is 9.53 Å². The highest BCUT2D eigenvalue weighted by Crippen LogP contribution is 2.26. The molecule has 0 bridgehead atoms. The molecule has 2 amide bonds. The molecule has 1 aliphatic heterocycles. The average molecular weight is 368 g/mol. The maximum atomic E-state index is 12.6. The maximum absolute atomic E-state index is 12.6. The number of anilines is 1. The number of likely N-dealkylation sites (tertiary alicyclic amines) is 1. The van der Waals surface area contributed by atoms with E-state index < -0.39 is 0 Å². The molecular formula is C21H24N2O4. The van der Waals surface area contributed by atoms with Crippen LogP contribution in [0.1, 0.15) is 12.8 Å². The molecule has 1 fully saturated rings. The molecule has 0 spiro atoms. The SMILES string of the molecule is COC(=O)N1CCCC(C(=O)Nc2ccc(-c3cccc(OC)c3)cc2)C1. The van der Waals surface area contributed by atoms with Gasteiger partial charge in [-0.3, -0.25) is 4.79 Å². The fourth-order valence-corrected chi connectivity index (χ4v) is 3.28. The summed E-state index contributed by atoms with van der Waals surface area (Å²) in [6.07, 6.45) is 1.18. The summed E-state index contributed by atoms with van der Waals surface area (Å²) >= 11 is 0. The molecule has 0 radical (unpaired) electrons. The van der Waals surface area contributed by atoms with Crippen LogP contribution in [0.15, 0.2) is 48.5 Å². The van der Waals surface area contributed by atoms with Crippen LogP contribution in [-0.4, -0.2) is 44.2 Å². The summed E-state index contributed by atoms with van der Waals surface area (Å²) < 4.78 is 10.0. The number of hydrogen-bond donors (Lipinski definition) is 1. The van der Waals surface area contributed by atoms with Gasteiger partial charge in [0.15, 0.2) is 0 Å². The van der Waals surface area contributed by atoms with Crippen molar-refractivity contribution in [1.29, 1.82) is 0 Å².